The average molecular weight is 536 g/mol. The lowest BCUT2D eigenvalue weighted by molar-refractivity contribution is -0.0269. The highest BCUT2D eigenvalue weighted by molar-refractivity contribution is 8.00. The highest BCUT2D eigenvalue weighted by Crippen LogP contribution is 2.54. The fourth-order valence-electron chi connectivity index (χ4n) is 4.86. The molecule has 2 aliphatic heterocycles. The van der Waals surface area contributed by atoms with Crippen molar-refractivity contribution in [2.24, 2.45) is 5.41 Å². The van der Waals surface area contributed by atoms with Gasteiger partial charge < -0.3 is 24.9 Å². The maximum atomic E-state index is 13.5. The minimum atomic E-state index is -2.70. The second-order valence-electron chi connectivity index (χ2n) is 9.78. The van der Waals surface area contributed by atoms with E-state index < -0.39 is 5.92 Å². The molecule has 1 aromatic heterocycles. The van der Waals surface area contributed by atoms with Crippen molar-refractivity contribution in [1.82, 2.24) is 4.98 Å². The number of amides is 1. The van der Waals surface area contributed by atoms with Crippen molar-refractivity contribution in [3.8, 4) is 0 Å². The Hall–Kier alpha value is -2.24. The summed E-state index contributed by atoms with van der Waals surface area (Å²) in [5.41, 5.74) is 2.79. The molecule has 1 amide bonds. The molecule has 0 bridgehead atoms. The maximum absolute atomic E-state index is 13.5. The van der Waals surface area contributed by atoms with E-state index in [1.807, 2.05) is 24.5 Å². The van der Waals surface area contributed by atoms with Crippen LogP contribution in [-0.4, -0.2) is 66.7 Å². The first-order valence-electron chi connectivity index (χ1n) is 12.2. The van der Waals surface area contributed by atoms with E-state index in [-0.39, 0.29) is 25.6 Å². The molecular weight excluding hydrogens is 504 g/mol. The highest BCUT2D eigenvalue weighted by atomic mass is 32.2. The smallest absolute Gasteiger partial charge is 0.282 e. The Morgan fingerprint density at radius 2 is 1.86 bits per heavy atom. The van der Waals surface area contributed by atoms with Crippen molar-refractivity contribution in [3.05, 3.63) is 35.9 Å². The van der Waals surface area contributed by atoms with Crippen LogP contribution in [0.3, 0.4) is 0 Å². The molecule has 194 valence electrons. The molecule has 36 heavy (non-hydrogen) atoms. The van der Waals surface area contributed by atoms with Gasteiger partial charge in [-0.05, 0) is 67.7 Å². The molecule has 0 radical (unpaired) electrons. The van der Waals surface area contributed by atoms with Crippen LogP contribution in [0.5, 0.6) is 0 Å². The number of benzene rings is 1. The molecule has 3 N–H and O–H groups in total. The minimum absolute atomic E-state index is 0.0820. The highest BCUT2D eigenvalue weighted by Gasteiger charge is 2.46. The first-order chi connectivity index (χ1) is 17.3. The molecule has 1 aromatic carbocycles. The number of rotatable bonds is 9. The van der Waals surface area contributed by atoms with Crippen molar-refractivity contribution in [2.75, 3.05) is 64.6 Å². The number of aliphatic hydroxyl groups excluding tert-OH is 1. The number of nitrogens with one attached hydrogen (secondary N) is 2. The van der Waals surface area contributed by atoms with E-state index in [9.17, 15) is 13.6 Å². The van der Waals surface area contributed by atoms with Crippen molar-refractivity contribution in [3.63, 3.8) is 0 Å². The number of halogens is 2. The van der Waals surface area contributed by atoms with Gasteiger partial charge in [0.05, 0.1) is 30.9 Å². The number of carbonyl (C=O) groups is 1. The summed E-state index contributed by atoms with van der Waals surface area (Å²) in [6.07, 6.45) is 6.74. The number of thioether (sulfide) groups is 1. The number of pyridine rings is 1. The summed E-state index contributed by atoms with van der Waals surface area (Å²) in [7, 11) is 0. The molecule has 5 rings (SSSR count). The quantitative estimate of drug-likeness (QED) is 0.237. The fourth-order valence-corrected chi connectivity index (χ4v) is 5.91. The zero-order valence-electron chi connectivity index (χ0n) is 20.2. The zero-order valence-corrected chi connectivity index (χ0v) is 21.9. The molecule has 3 aliphatic rings. The molecule has 3 fully saturated rings. The first-order valence-corrected chi connectivity index (χ1v) is 14.4. The summed E-state index contributed by atoms with van der Waals surface area (Å²) in [5.74, 6) is -1.62. The third kappa shape index (κ3) is 5.52. The van der Waals surface area contributed by atoms with E-state index in [1.54, 1.807) is 17.0 Å². The van der Waals surface area contributed by atoms with E-state index in [4.69, 9.17) is 5.11 Å². The number of carbonyl (C=O) groups excluding carboxylic acids is 1. The van der Waals surface area contributed by atoms with Gasteiger partial charge in [-0.15, -0.1) is 11.8 Å². The summed E-state index contributed by atoms with van der Waals surface area (Å²) >= 11 is 2.85. The van der Waals surface area contributed by atoms with Crippen LogP contribution in [0.4, 0.5) is 31.8 Å². The van der Waals surface area contributed by atoms with Crippen LogP contribution in [0.15, 0.2) is 35.2 Å². The number of hydrogen-bond donors (Lipinski definition) is 3. The molecule has 0 atom stereocenters. The molecule has 1 saturated carbocycles. The molecule has 3 heterocycles. The Morgan fingerprint density at radius 1 is 1.11 bits per heavy atom. The predicted octanol–water partition coefficient (Wildman–Crippen LogP) is 4.94. The van der Waals surface area contributed by atoms with Crippen molar-refractivity contribution in [2.45, 2.75) is 36.5 Å². The number of aromatic nitrogens is 1. The lowest BCUT2D eigenvalue weighted by Crippen LogP contribution is -2.56. The van der Waals surface area contributed by atoms with Crippen LogP contribution in [0.1, 0.15) is 36.0 Å². The van der Waals surface area contributed by atoms with Gasteiger partial charge >= 0.3 is 0 Å². The van der Waals surface area contributed by atoms with E-state index >= 15 is 0 Å². The van der Waals surface area contributed by atoms with Gasteiger partial charge in [0, 0.05) is 29.4 Å². The normalized spacial score (nSPS) is 19.7. The second-order valence-corrected chi connectivity index (χ2v) is 11.5. The number of anilines is 4. The molecule has 11 heteroatoms. The van der Waals surface area contributed by atoms with E-state index in [2.05, 4.69) is 19.9 Å². The molecule has 2 aromatic rings. The van der Waals surface area contributed by atoms with Crippen LogP contribution in [-0.2, 0) is 0 Å². The fraction of sp³-hybridized carbons (Fsp3) is 0.520. The molecule has 0 unspecified atom stereocenters. The van der Waals surface area contributed by atoms with E-state index in [0.29, 0.717) is 28.4 Å². The van der Waals surface area contributed by atoms with Gasteiger partial charge in [-0.2, -0.15) is 0 Å². The van der Waals surface area contributed by atoms with Gasteiger partial charge in [-0.3, -0.25) is 4.79 Å². The Balaban J connectivity index is 1.36. The molecular formula is C25H31F2N5O2S2. The molecule has 1 aliphatic carbocycles. The second kappa shape index (κ2) is 10.3. The number of nitrogens with zero attached hydrogens (tertiary/aromatic N) is 3. The maximum Gasteiger partial charge on any atom is 0.282 e. The van der Waals surface area contributed by atoms with Crippen LogP contribution >= 0.6 is 23.7 Å². The van der Waals surface area contributed by atoms with Gasteiger partial charge in [0.25, 0.3) is 11.8 Å². The van der Waals surface area contributed by atoms with Crippen LogP contribution in [0, 0.1) is 5.41 Å². The Morgan fingerprint density at radius 3 is 2.50 bits per heavy atom. The van der Waals surface area contributed by atoms with Crippen LogP contribution in [0.2, 0.25) is 0 Å². The van der Waals surface area contributed by atoms with E-state index in [1.165, 1.54) is 36.6 Å². The Labute approximate surface area is 218 Å². The number of piperidine rings is 1. The zero-order chi connectivity index (χ0) is 25.3. The number of aliphatic hydroxyl groups is 1. The SMILES string of the molecule is CSc1ccc(NC(=O)c2ccc(NSCCO)cc2N2CCC3(CC2)CC3)nc1N1CC(F)(F)C1. The van der Waals surface area contributed by atoms with Crippen molar-refractivity contribution in [1.29, 1.82) is 0 Å². The van der Waals surface area contributed by atoms with Crippen molar-refractivity contribution >= 4 is 52.6 Å². The van der Waals surface area contributed by atoms with Gasteiger partial charge in [-0.1, -0.05) is 11.9 Å². The summed E-state index contributed by atoms with van der Waals surface area (Å²) in [6.45, 7) is 1.16. The summed E-state index contributed by atoms with van der Waals surface area (Å²) in [6, 6.07) is 9.17. The molecule has 7 nitrogen and oxygen atoms in total. The van der Waals surface area contributed by atoms with Gasteiger partial charge in [0.15, 0.2) is 0 Å². The van der Waals surface area contributed by atoms with Crippen LogP contribution in [0.25, 0.3) is 0 Å². The standard InChI is InChI=1S/C25H31F2N5O2S2/c1-35-20-4-5-21(28-22(20)32-15-25(26,27)16-32)29-23(34)18-3-2-17(30-36-13-12-33)14-19(18)31-10-8-24(6-7-24)9-11-31/h2-5,14,30,33H,6-13,15-16H2,1H3,(H,28,29,34). The number of hydrogen-bond acceptors (Lipinski definition) is 8. The monoisotopic (exact) mass is 535 g/mol. The first kappa shape index (κ1) is 25.4. The van der Waals surface area contributed by atoms with Gasteiger partial charge in [-0.25, -0.2) is 13.8 Å². The minimum Gasteiger partial charge on any atom is -0.395 e. The topological polar surface area (TPSA) is 80.7 Å². The lowest BCUT2D eigenvalue weighted by Gasteiger charge is -2.40. The third-order valence-electron chi connectivity index (χ3n) is 7.19. The van der Waals surface area contributed by atoms with Gasteiger partial charge in [0.2, 0.25) is 0 Å². The van der Waals surface area contributed by atoms with Crippen LogP contribution < -0.4 is 19.8 Å². The summed E-state index contributed by atoms with van der Waals surface area (Å²) in [4.78, 5) is 22.6. The average Bonchev–Trinajstić information content (AvgIpc) is 3.61. The Bertz CT molecular complexity index is 1110. The lowest BCUT2D eigenvalue weighted by atomic mass is 9.93. The summed E-state index contributed by atoms with van der Waals surface area (Å²) in [5, 5.41) is 12.0. The Kier molecular flexibility index (Phi) is 7.24. The third-order valence-corrected chi connectivity index (χ3v) is 8.72. The van der Waals surface area contributed by atoms with Gasteiger partial charge in [0.1, 0.15) is 11.6 Å². The number of alkyl halides is 2. The van der Waals surface area contributed by atoms with E-state index in [0.717, 1.165) is 42.2 Å². The largest absolute Gasteiger partial charge is 0.395 e. The van der Waals surface area contributed by atoms with Crippen molar-refractivity contribution < 1.29 is 18.7 Å². The molecule has 2 saturated heterocycles. The molecule has 1 spiro atoms. The predicted molar refractivity (Wildman–Crippen MR) is 144 cm³/mol. The summed E-state index contributed by atoms with van der Waals surface area (Å²) < 4.78 is 30.2.